The second-order valence-electron chi connectivity index (χ2n) is 4.29. The molecule has 20 heavy (non-hydrogen) atoms. The molecule has 0 amide bonds. The van der Waals surface area contributed by atoms with Gasteiger partial charge in [-0.15, -0.1) is 0 Å². The van der Waals surface area contributed by atoms with Gasteiger partial charge in [0.2, 0.25) is 0 Å². The summed E-state index contributed by atoms with van der Waals surface area (Å²) in [5.41, 5.74) is 0.122. The van der Waals surface area contributed by atoms with Crippen LogP contribution in [0, 0.1) is 6.92 Å². The molecule has 0 aliphatic heterocycles. The molecule has 0 aromatic heterocycles. The molecule has 0 spiro atoms. The Morgan fingerprint density at radius 3 is 2.00 bits per heavy atom. The van der Waals surface area contributed by atoms with E-state index in [9.17, 15) is 13.2 Å². The third kappa shape index (κ3) is 3.05. The summed E-state index contributed by atoms with van der Waals surface area (Å²) in [7, 11) is 0. The Balaban J connectivity index is 2.75. The van der Waals surface area contributed by atoms with E-state index in [-0.39, 0.29) is 26.2 Å². The van der Waals surface area contributed by atoms with Crippen LogP contribution < -0.4 is 0 Å². The van der Waals surface area contributed by atoms with Crippen molar-refractivity contribution >= 4 is 34.8 Å². The molecule has 0 nitrogen and oxygen atoms in total. The highest BCUT2D eigenvalue weighted by Crippen LogP contribution is 2.42. The topological polar surface area (TPSA) is 0 Å². The van der Waals surface area contributed by atoms with E-state index in [0.29, 0.717) is 5.56 Å². The molecule has 0 aliphatic rings. The maximum Gasteiger partial charge on any atom is 0.417 e. The zero-order valence-corrected chi connectivity index (χ0v) is 12.4. The maximum atomic E-state index is 13.1. The Morgan fingerprint density at radius 2 is 1.40 bits per heavy atom. The standard InChI is InChI=1S/C14H8Cl3F3/c1-7-2-3-10(14(18,19)20)8(4-7)9-5-12(16)13(17)6-11(9)15/h2-6H,1H3. The molecule has 0 saturated carbocycles. The van der Waals surface area contributed by atoms with Crippen molar-refractivity contribution in [2.75, 3.05) is 0 Å². The molecule has 0 N–H and O–H groups in total. The van der Waals surface area contributed by atoms with E-state index in [1.54, 1.807) is 6.92 Å². The first-order valence-electron chi connectivity index (χ1n) is 5.53. The van der Waals surface area contributed by atoms with Crippen LogP contribution in [-0.4, -0.2) is 0 Å². The van der Waals surface area contributed by atoms with E-state index in [0.717, 1.165) is 6.07 Å². The molecule has 106 valence electrons. The van der Waals surface area contributed by atoms with Crippen LogP contribution in [0.25, 0.3) is 11.1 Å². The molecule has 0 unspecified atom stereocenters. The zero-order valence-electron chi connectivity index (χ0n) is 10.2. The lowest BCUT2D eigenvalue weighted by Gasteiger charge is -2.15. The molecule has 0 fully saturated rings. The van der Waals surface area contributed by atoms with Gasteiger partial charge < -0.3 is 0 Å². The fourth-order valence-corrected chi connectivity index (χ4v) is 2.51. The Kier molecular flexibility index (Phi) is 4.24. The van der Waals surface area contributed by atoms with Crippen molar-refractivity contribution in [1.29, 1.82) is 0 Å². The monoisotopic (exact) mass is 338 g/mol. The molecule has 0 heterocycles. The Bertz CT molecular complexity index is 663. The fraction of sp³-hybridized carbons (Fsp3) is 0.143. The first kappa shape index (κ1) is 15.5. The number of hydrogen-bond donors (Lipinski definition) is 0. The summed E-state index contributed by atoms with van der Waals surface area (Å²) in [6, 6.07) is 6.54. The van der Waals surface area contributed by atoms with Gasteiger partial charge in [0.05, 0.1) is 15.6 Å². The fourth-order valence-electron chi connectivity index (χ4n) is 1.86. The van der Waals surface area contributed by atoms with E-state index in [1.165, 1.54) is 24.3 Å². The molecule has 6 heteroatoms. The smallest absolute Gasteiger partial charge is 0.166 e. The van der Waals surface area contributed by atoms with Gasteiger partial charge in [-0.3, -0.25) is 0 Å². The predicted octanol–water partition coefficient (Wildman–Crippen LogP) is 6.64. The Morgan fingerprint density at radius 1 is 0.800 bits per heavy atom. The number of rotatable bonds is 1. The molecule has 2 aromatic carbocycles. The number of hydrogen-bond acceptors (Lipinski definition) is 0. The number of aryl methyl sites for hydroxylation is 1. The van der Waals surface area contributed by atoms with Crippen molar-refractivity contribution in [3.63, 3.8) is 0 Å². The first-order chi connectivity index (χ1) is 9.20. The summed E-state index contributed by atoms with van der Waals surface area (Å²) in [6.07, 6.45) is -4.47. The molecule has 0 atom stereocenters. The average Bonchev–Trinajstić information content (AvgIpc) is 2.32. The van der Waals surface area contributed by atoms with E-state index in [4.69, 9.17) is 34.8 Å². The normalized spacial score (nSPS) is 11.8. The highest BCUT2D eigenvalue weighted by Gasteiger charge is 2.34. The molecular formula is C14H8Cl3F3. The zero-order chi connectivity index (χ0) is 15.1. The highest BCUT2D eigenvalue weighted by atomic mass is 35.5. The van der Waals surface area contributed by atoms with Crippen molar-refractivity contribution in [3.8, 4) is 11.1 Å². The number of halogens is 6. The average molecular weight is 340 g/mol. The largest absolute Gasteiger partial charge is 0.417 e. The predicted molar refractivity (Wildman–Crippen MR) is 76.6 cm³/mol. The van der Waals surface area contributed by atoms with E-state index in [1.807, 2.05) is 0 Å². The van der Waals surface area contributed by atoms with Crippen molar-refractivity contribution in [3.05, 3.63) is 56.5 Å². The third-order valence-electron chi connectivity index (χ3n) is 2.78. The molecule has 2 aromatic rings. The second kappa shape index (κ2) is 5.47. The molecule has 0 radical (unpaired) electrons. The van der Waals surface area contributed by atoms with Gasteiger partial charge in [-0.2, -0.15) is 13.2 Å². The first-order valence-corrected chi connectivity index (χ1v) is 6.66. The minimum atomic E-state index is -4.47. The third-order valence-corrected chi connectivity index (χ3v) is 3.82. The van der Waals surface area contributed by atoms with Crippen LogP contribution >= 0.6 is 34.8 Å². The van der Waals surface area contributed by atoms with Crippen LogP contribution in [-0.2, 0) is 6.18 Å². The minimum Gasteiger partial charge on any atom is -0.166 e. The highest BCUT2D eigenvalue weighted by molar-refractivity contribution is 6.44. The van der Waals surface area contributed by atoms with Gasteiger partial charge in [0.25, 0.3) is 0 Å². The van der Waals surface area contributed by atoms with E-state index >= 15 is 0 Å². The number of benzene rings is 2. The van der Waals surface area contributed by atoms with Crippen molar-refractivity contribution in [2.45, 2.75) is 13.1 Å². The lowest BCUT2D eigenvalue weighted by atomic mass is 9.97. The summed E-state index contributed by atoms with van der Waals surface area (Å²) in [6.45, 7) is 1.70. The van der Waals surface area contributed by atoms with Gasteiger partial charge in [-0.25, -0.2) is 0 Å². The summed E-state index contributed by atoms with van der Waals surface area (Å²) >= 11 is 17.7. The van der Waals surface area contributed by atoms with Gasteiger partial charge in [-0.1, -0.05) is 52.5 Å². The Hall–Kier alpha value is -0.900. The second-order valence-corrected chi connectivity index (χ2v) is 5.51. The minimum absolute atomic E-state index is 0.0129. The molecule has 0 bridgehead atoms. The van der Waals surface area contributed by atoms with Crippen molar-refractivity contribution in [2.24, 2.45) is 0 Å². The molecular weight excluding hydrogens is 332 g/mol. The number of alkyl halides is 3. The van der Waals surface area contributed by atoms with Crippen LogP contribution in [0.5, 0.6) is 0 Å². The molecule has 2 rings (SSSR count). The summed E-state index contributed by atoms with van der Waals surface area (Å²) < 4.78 is 39.2. The SMILES string of the molecule is Cc1ccc(C(F)(F)F)c(-c2cc(Cl)c(Cl)cc2Cl)c1. The van der Waals surface area contributed by atoms with Gasteiger partial charge in [0.1, 0.15) is 0 Å². The molecule has 0 aliphatic carbocycles. The van der Waals surface area contributed by atoms with Crippen LogP contribution in [0.3, 0.4) is 0 Å². The lowest BCUT2D eigenvalue weighted by Crippen LogP contribution is -2.07. The molecule has 0 saturated heterocycles. The van der Waals surface area contributed by atoms with Crippen molar-refractivity contribution < 1.29 is 13.2 Å². The van der Waals surface area contributed by atoms with Gasteiger partial charge in [0.15, 0.2) is 0 Å². The summed E-state index contributed by atoms with van der Waals surface area (Å²) in [5, 5.41) is 0.470. The van der Waals surface area contributed by atoms with Gasteiger partial charge in [0, 0.05) is 10.6 Å². The Labute approximate surface area is 129 Å². The van der Waals surface area contributed by atoms with E-state index in [2.05, 4.69) is 0 Å². The van der Waals surface area contributed by atoms with Gasteiger partial charge in [-0.05, 0) is 30.7 Å². The summed E-state index contributed by atoms with van der Waals surface area (Å²) in [5.74, 6) is 0. The van der Waals surface area contributed by atoms with Crippen molar-refractivity contribution in [1.82, 2.24) is 0 Å². The van der Waals surface area contributed by atoms with E-state index < -0.39 is 11.7 Å². The summed E-state index contributed by atoms with van der Waals surface area (Å²) in [4.78, 5) is 0. The van der Waals surface area contributed by atoms with Crippen LogP contribution in [0.4, 0.5) is 13.2 Å². The van der Waals surface area contributed by atoms with Crippen LogP contribution in [0.1, 0.15) is 11.1 Å². The maximum absolute atomic E-state index is 13.1. The van der Waals surface area contributed by atoms with Gasteiger partial charge >= 0.3 is 6.18 Å². The van der Waals surface area contributed by atoms with Crippen LogP contribution in [0.2, 0.25) is 15.1 Å². The van der Waals surface area contributed by atoms with Crippen LogP contribution in [0.15, 0.2) is 30.3 Å². The lowest BCUT2D eigenvalue weighted by molar-refractivity contribution is -0.137. The quantitative estimate of drug-likeness (QED) is 0.511.